The average molecular weight is 458 g/mol. The Labute approximate surface area is 198 Å². The van der Waals surface area contributed by atoms with Crippen LogP contribution in [0, 0.1) is 6.92 Å². The van der Waals surface area contributed by atoms with Crippen LogP contribution in [0.1, 0.15) is 23.8 Å². The fraction of sp³-hybridized carbons (Fsp3) is 0.308. The van der Waals surface area contributed by atoms with Crippen molar-refractivity contribution in [1.82, 2.24) is 24.9 Å². The number of oxazole rings is 1. The average Bonchev–Trinajstić information content (AvgIpc) is 3.54. The van der Waals surface area contributed by atoms with Crippen molar-refractivity contribution in [2.75, 3.05) is 26.2 Å². The summed E-state index contributed by atoms with van der Waals surface area (Å²) >= 11 is 0. The van der Waals surface area contributed by atoms with Gasteiger partial charge in [0.1, 0.15) is 0 Å². The van der Waals surface area contributed by atoms with Crippen molar-refractivity contribution < 1.29 is 13.7 Å². The summed E-state index contributed by atoms with van der Waals surface area (Å²) in [6, 6.07) is 17.9. The van der Waals surface area contributed by atoms with E-state index in [1.54, 1.807) is 6.20 Å². The molecule has 34 heavy (non-hydrogen) atoms. The number of benzene rings is 2. The van der Waals surface area contributed by atoms with Gasteiger partial charge >= 0.3 is 0 Å². The van der Waals surface area contributed by atoms with Gasteiger partial charge in [-0.05, 0) is 6.92 Å². The Hall–Kier alpha value is -3.78. The van der Waals surface area contributed by atoms with Crippen molar-refractivity contribution in [2.24, 2.45) is 0 Å². The fourth-order valence-electron chi connectivity index (χ4n) is 4.02. The molecule has 0 N–H and O–H groups in total. The molecule has 3 heterocycles. The molecule has 8 nitrogen and oxygen atoms in total. The molecule has 0 spiro atoms. The summed E-state index contributed by atoms with van der Waals surface area (Å²) in [6.07, 6.45) is 2.60. The number of hydrogen-bond donors (Lipinski definition) is 0. The van der Waals surface area contributed by atoms with E-state index in [0.29, 0.717) is 50.1 Å². The van der Waals surface area contributed by atoms with Gasteiger partial charge in [0, 0.05) is 50.1 Å². The minimum absolute atomic E-state index is 0.124. The predicted molar refractivity (Wildman–Crippen MR) is 127 cm³/mol. The second-order valence-electron chi connectivity index (χ2n) is 8.52. The molecular weight excluding hydrogens is 430 g/mol. The Morgan fingerprint density at radius 3 is 2.47 bits per heavy atom. The first-order chi connectivity index (χ1) is 16.6. The lowest BCUT2D eigenvalue weighted by atomic mass is 10.1. The highest BCUT2D eigenvalue weighted by atomic mass is 16.5. The summed E-state index contributed by atoms with van der Waals surface area (Å²) in [5.41, 5.74) is 3.12. The van der Waals surface area contributed by atoms with Crippen LogP contribution in [0.15, 0.2) is 69.7 Å². The zero-order valence-electron chi connectivity index (χ0n) is 19.2. The maximum atomic E-state index is 12.7. The van der Waals surface area contributed by atoms with Gasteiger partial charge in [0.25, 0.3) is 0 Å². The van der Waals surface area contributed by atoms with E-state index in [1.165, 1.54) is 5.56 Å². The van der Waals surface area contributed by atoms with Crippen LogP contribution in [-0.4, -0.2) is 57.0 Å². The number of rotatable bonds is 7. The van der Waals surface area contributed by atoms with E-state index in [-0.39, 0.29) is 5.91 Å². The SMILES string of the molecule is Cc1ccc(-c2noc(CN3CCN(C(=O)CCc4ncc(-c5ccccc5)o4)CC3)n2)cc1. The number of carbonyl (C=O) groups is 1. The summed E-state index contributed by atoms with van der Waals surface area (Å²) in [6.45, 7) is 5.53. The number of amides is 1. The minimum atomic E-state index is 0.124. The number of aromatic nitrogens is 3. The number of piperazine rings is 1. The van der Waals surface area contributed by atoms with Crippen LogP contribution < -0.4 is 0 Å². The third-order valence-electron chi connectivity index (χ3n) is 6.03. The Bertz CT molecular complexity index is 1220. The molecule has 1 aliphatic rings. The predicted octanol–water partition coefficient (Wildman–Crippen LogP) is 3.98. The van der Waals surface area contributed by atoms with Crippen molar-refractivity contribution in [2.45, 2.75) is 26.3 Å². The molecule has 0 unspecified atom stereocenters. The van der Waals surface area contributed by atoms with Crippen molar-refractivity contribution in [1.29, 1.82) is 0 Å². The largest absolute Gasteiger partial charge is 0.441 e. The lowest BCUT2D eigenvalue weighted by Gasteiger charge is -2.33. The standard InChI is InChI=1S/C26H27N5O3/c1-19-7-9-21(10-8-19)26-28-24(34-29-26)18-30-13-15-31(16-14-30)25(32)12-11-23-27-17-22(33-23)20-5-3-2-4-6-20/h2-10,17H,11-16,18H2,1H3. The van der Waals surface area contributed by atoms with Crippen LogP contribution >= 0.6 is 0 Å². The van der Waals surface area contributed by atoms with Crippen LogP contribution in [0.25, 0.3) is 22.7 Å². The van der Waals surface area contributed by atoms with Gasteiger partial charge in [0.15, 0.2) is 11.7 Å². The summed E-state index contributed by atoms with van der Waals surface area (Å²) in [5.74, 6) is 2.63. The van der Waals surface area contributed by atoms with Gasteiger partial charge in [-0.2, -0.15) is 4.98 Å². The lowest BCUT2D eigenvalue weighted by Crippen LogP contribution is -2.48. The molecule has 1 amide bonds. The molecule has 2 aromatic carbocycles. The molecule has 0 aliphatic carbocycles. The van der Waals surface area contributed by atoms with E-state index in [0.717, 1.165) is 30.0 Å². The van der Waals surface area contributed by atoms with Gasteiger partial charge in [0.2, 0.25) is 17.6 Å². The third kappa shape index (κ3) is 5.23. The molecule has 0 saturated carbocycles. The number of nitrogens with zero attached hydrogens (tertiary/aromatic N) is 5. The highest BCUT2D eigenvalue weighted by molar-refractivity contribution is 5.76. The van der Waals surface area contributed by atoms with Crippen molar-refractivity contribution >= 4 is 5.91 Å². The van der Waals surface area contributed by atoms with Crippen molar-refractivity contribution in [3.63, 3.8) is 0 Å². The van der Waals surface area contributed by atoms with E-state index >= 15 is 0 Å². The molecule has 0 atom stereocenters. The molecule has 0 bridgehead atoms. The van der Waals surface area contributed by atoms with Gasteiger partial charge < -0.3 is 13.8 Å². The number of aryl methyl sites for hydroxylation is 2. The van der Waals surface area contributed by atoms with Crippen LogP contribution in [-0.2, 0) is 17.8 Å². The maximum Gasteiger partial charge on any atom is 0.241 e. The van der Waals surface area contributed by atoms with Gasteiger partial charge in [-0.15, -0.1) is 0 Å². The molecule has 1 saturated heterocycles. The molecule has 8 heteroatoms. The maximum absolute atomic E-state index is 12.7. The normalized spacial score (nSPS) is 14.4. The van der Waals surface area contributed by atoms with Crippen LogP contribution in [0.2, 0.25) is 0 Å². The highest BCUT2D eigenvalue weighted by Crippen LogP contribution is 2.21. The third-order valence-corrected chi connectivity index (χ3v) is 6.03. The van der Waals surface area contributed by atoms with E-state index in [1.807, 2.05) is 66.4 Å². The topological polar surface area (TPSA) is 88.5 Å². The van der Waals surface area contributed by atoms with Crippen molar-refractivity contribution in [3.8, 4) is 22.7 Å². The molecule has 2 aromatic heterocycles. The quantitative estimate of drug-likeness (QED) is 0.415. The molecule has 1 aliphatic heterocycles. The van der Waals surface area contributed by atoms with E-state index < -0.39 is 0 Å². The van der Waals surface area contributed by atoms with Gasteiger partial charge in [-0.1, -0.05) is 65.3 Å². The van der Waals surface area contributed by atoms with Crippen LogP contribution in [0.3, 0.4) is 0 Å². The summed E-state index contributed by atoms with van der Waals surface area (Å²) in [5, 5.41) is 4.11. The highest BCUT2D eigenvalue weighted by Gasteiger charge is 2.23. The monoisotopic (exact) mass is 457 g/mol. The zero-order valence-corrected chi connectivity index (χ0v) is 19.2. The number of hydrogen-bond acceptors (Lipinski definition) is 7. The molecule has 0 radical (unpaired) electrons. The van der Waals surface area contributed by atoms with Crippen molar-refractivity contribution in [3.05, 3.63) is 78.1 Å². The van der Waals surface area contributed by atoms with Gasteiger partial charge in [0.05, 0.1) is 12.7 Å². The van der Waals surface area contributed by atoms with Crippen LogP contribution in [0.4, 0.5) is 0 Å². The lowest BCUT2D eigenvalue weighted by molar-refractivity contribution is -0.133. The smallest absolute Gasteiger partial charge is 0.241 e. The van der Waals surface area contributed by atoms with Gasteiger partial charge in [-0.25, -0.2) is 4.98 Å². The Morgan fingerprint density at radius 2 is 1.71 bits per heavy atom. The Balaban J connectivity index is 1.08. The molecule has 174 valence electrons. The number of carbonyl (C=O) groups excluding carboxylic acids is 1. The minimum Gasteiger partial charge on any atom is -0.441 e. The Morgan fingerprint density at radius 1 is 0.941 bits per heavy atom. The van der Waals surface area contributed by atoms with Gasteiger partial charge in [-0.3, -0.25) is 9.69 Å². The molecule has 5 rings (SSSR count). The molecular formula is C26H27N5O3. The summed E-state index contributed by atoms with van der Waals surface area (Å²) in [4.78, 5) is 25.7. The second kappa shape index (κ2) is 10.0. The zero-order chi connectivity index (χ0) is 23.3. The van der Waals surface area contributed by atoms with E-state index in [9.17, 15) is 4.79 Å². The van der Waals surface area contributed by atoms with E-state index in [2.05, 4.69) is 20.0 Å². The first kappa shape index (κ1) is 22.0. The molecule has 1 fully saturated rings. The fourth-order valence-corrected chi connectivity index (χ4v) is 4.02. The second-order valence-corrected chi connectivity index (χ2v) is 8.52. The molecule has 4 aromatic rings. The first-order valence-electron chi connectivity index (χ1n) is 11.5. The summed E-state index contributed by atoms with van der Waals surface area (Å²) < 4.78 is 11.3. The van der Waals surface area contributed by atoms with Crippen LogP contribution in [0.5, 0.6) is 0 Å². The first-order valence-corrected chi connectivity index (χ1v) is 11.5. The Kier molecular flexibility index (Phi) is 6.49. The van der Waals surface area contributed by atoms with E-state index in [4.69, 9.17) is 8.94 Å². The summed E-state index contributed by atoms with van der Waals surface area (Å²) in [7, 11) is 0.